The minimum Gasteiger partial charge on any atom is -0.491 e. The molecule has 0 aromatic heterocycles. The molecular weight excluding hydrogens is 326 g/mol. The van der Waals surface area contributed by atoms with Crippen LogP contribution in [0.25, 0.3) is 0 Å². The molecular formula is C22H29NO3. The van der Waals surface area contributed by atoms with E-state index in [1.807, 2.05) is 70.2 Å². The van der Waals surface area contributed by atoms with E-state index in [9.17, 15) is 4.79 Å². The molecule has 4 nitrogen and oxygen atoms in total. The van der Waals surface area contributed by atoms with E-state index in [0.717, 1.165) is 22.6 Å². The van der Waals surface area contributed by atoms with Gasteiger partial charge in [0.25, 0.3) is 5.91 Å². The van der Waals surface area contributed by atoms with Crippen molar-refractivity contribution in [2.75, 3.05) is 0 Å². The number of aryl methyl sites for hydroxylation is 2. The molecule has 2 rings (SSSR count). The van der Waals surface area contributed by atoms with Gasteiger partial charge in [0.05, 0.1) is 6.10 Å². The molecule has 140 valence electrons. The van der Waals surface area contributed by atoms with Gasteiger partial charge in [-0.25, -0.2) is 0 Å². The lowest BCUT2D eigenvalue weighted by Crippen LogP contribution is -2.37. The number of carbonyl (C=O) groups is 1. The van der Waals surface area contributed by atoms with Crippen molar-refractivity contribution in [3.05, 3.63) is 59.2 Å². The Bertz CT molecular complexity index is 740. The van der Waals surface area contributed by atoms with Crippen LogP contribution in [0.2, 0.25) is 0 Å². The molecule has 2 aromatic carbocycles. The molecule has 1 N–H and O–H groups in total. The van der Waals surface area contributed by atoms with Gasteiger partial charge >= 0.3 is 0 Å². The van der Waals surface area contributed by atoms with Crippen molar-refractivity contribution in [3.8, 4) is 11.5 Å². The molecule has 1 amide bonds. The fraction of sp³-hybridized carbons (Fsp3) is 0.409. The third-order valence-corrected chi connectivity index (χ3v) is 4.16. The van der Waals surface area contributed by atoms with Gasteiger partial charge in [-0.3, -0.25) is 4.79 Å². The maximum absolute atomic E-state index is 12.5. The fourth-order valence-electron chi connectivity index (χ4n) is 2.58. The van der Waals surface area contributed by atoms with Gasteiger partial charge in [0.1, 0.15) is 11.5 Å². The van der Waals surface area contributed by atoms with E-state index in [0.29, 0.717) is 13.0 Å². The number of hydrogen-bond donors (Lipinski definition) is 1. The smallest absolute Gasteiger partial charge is 0.261 e. The van der Waals surface area contributed by atoms with Crippen LogP contribution >= 0.6 is 0 Å². The van der Waals surface area contributed by atoms with Gasteiger partial charge in [-0.2, -0.15) is 0 Å². The summed E-state index contributed by atoms with van der Waals surface area (Å²) in [5, 5.41) is 2.96. The molecule has 0 spiro atoms. The van der Waals surface area contributed by atoms with Crippen molar-refractivity contribution in [2.45, 2.75) is 59.8 Å². The summed E-state index contributed by atoms with van der Waals surface area (Å²) in [6, 6.07) is 13.7. The summed E-state index contributed by atoms with van der Waals surface area (Å²) in [4.78, 5) is 12.5. The lowest BCUT2D eigenvalue weighted by molar-refractivity contribution is -0.128. The number of rotatable bonds is 8. The molecule has 0 aliphatic heterocycles. The molecule has 2 aromatic rings. The minimum absolute atomic E-state index is 0.110. The molecule has 0 fully saturated rings. The molecule has 1 atom stereocenters. The molecule has 4 heteroatoms. The molecule has 26 heavy (non-hydrogen) atoms. The molecule has 0 radical (unpaired) electrons. The van der Waals surface area contributed by atoms with Gasteiger partial charge in [-0.15, -0.1) is 0 Å². The quantitative estimate of drug-likeness (QED) is 0.755. The summed E-state index contributed by atoms with van der Waals surface area (Å²) >= 11 is 0. The van der Waals surface area contributed by atoms with E-state index in [4.69, 9.17) is 9.47 Å². The summed E-state index contributed by atoms with van der Waals surface area (Å²) < 4.78 is 11.6. The van der Waals surface area contributed by atoms with Crippen molar-refractivity contribution in [3.63, 3.8) is 0 Å². The number of nitrogens with one attached hydrogen (secondary N) is 1. The Morgan fingerprint density at radius 1 is 1.00 bits per heavy atom. The van der Waals surface area contributed by atoms with Crippen molar-refractivity contribution in [2.24, 2.45) is 0 Å². The Kier molecular flexibility index (Phi) is 7.07. The van der Waals surface area contributed by atoms with Crippen LogP contribution < -0.4 is 14.8 Å². The largest absolute Gasteiger partial charge is 0.491 e. The van der Waals surface area contributed by atoms with Crippen molar-refractivity contribution in [1.82, 2.24) is 5.32 Å². The maximum atomic E-state index is 12.5. The third-order valence-electron chi connectivity index (χ3n) is 4.16. The maximum Gasteiger partial charge on any atom is 0.261 e. The Morgan fingerprint density at radius 2 is 1.73 bits per heavy atom. The van der Waals surface area contributed by atoms with Crippen LogP contribution in [0.5, 0.6) is 11.5 Å². The highest BCUT2D eigenvalue weighted by Crippen LogP contribution is 2.19. The first-order valence-electron chi connectivity index (χ1n) is 9.16. The topological polar surface area (TPSA) is 47.6 Å². The van der Waals surface area contributed by atoms with Crippen LogP contribution in [0.4, 0.5) is 0 Å². The third kappa shape index (κ3) is 5.80. The summed E-state index contributed by atoms with van der Waals surface area (Å²) in [5.74, 6) is 1.42. The van der Waals surface area contributed by atoms with Crippen molar-refractivity contribution < 1.29 is 14.3 Å². The van der Waals surface area contributed by atoms with E-state index in [2.05, 4.69) is 12.2 Å². The van der Waals surface area contributed by atoms with Gasteiger partial charge in [-0.1, -0.05) is 25.1 Å². The number of carbonyl (C=O) groups excluding carboxylic acids is 1. The van der Waals surface area contributed by atoms with E-state index in [1.165, 1.54) is 5.56 Å². The second kappa shape index (κ2) is 9.27. The zero-order chi connectivity index (χ0) is 19.1. The Morgan fingerprint density at radius 3 is 2.38 bits per heavy atom. The first kappa shape index (κ1) is 19.8. The molecule has 0 bridgehead atoms. The van der Waals surface area contributed by atoms with Crippen LogP contribution in [0.15, 0.2) is 42.5 Å². The standard InChI is InChI=1S/C22H29NO3/c1-6-21(26-20-11-10-16(4)17(5)12-20)22(24)23-14-18-8-7-9-19(13-18)25-15(2)3/h7-13,15,21H,6,14H2,1-5H3,(H,23,24)/t21-/m0/s1. The molecule has 0 saturated heterocycles. The van der Waals surface area contributed by atoms with Gasteiger partial charge in [0.2, 0.25) is 0 Å². The Hall–Kier alpha value is -2.49. The van der Waals surface area contributed by atoms with Gasteiger partial charge in [0.15, 0.2) is 6.10 Å². The highest BCUT2D eigenvalue weighted by molar-refractivity contribution is 5.81. The molecule has 0 saturated carbocycles. The monoisotopic (exact) mass is 355 g/mol. The predicted octanol–water partition coefficient (Wildman–Crippen LogP) is 4.56. The van der Waals surface area contributed by atoms with Gasteiger partial charge in [0, 0.05) is 6.54 Å². The van der Waals surface area contributed by atoms with Crippen LogP contribution in [0, 0.1) is 13.8 Å². The predicted molar refractivity (Wildman–Crippen MR) is 105 cm³/mol. The fourth-order valence-corrected chi connectivity index (χ4v) is 2.58. The summed E-state index contributed by atoms with van der Waals surface area (Å²) in [7, 11) is 0. The average molecular weight is 355 g/mol. The van der Waals surface area contributed by atoms with Crippen molar-refractivity contribution >= 4 is 5.91 Å². The van der Waals surface area contributed by atoms with Crippen LogP contribution in [-0.4, -0.2) is 18.1 Å². The lowest BCUT2D eigenvalue weighted by atomic mass is 10.1. The van der Waals surface area contributed by atoms with Crippen LogP contribution in [0.1, 0.15) is 43.9 Å². The first-order chi connectivity index (χ1) is 12.4. The highest BCUT2D eigenvalue weighted by atomic mass is 16.5. The summed E-state index contributed by atoms with van der Waals surface area (Å²) in [5.41, 5.74) is 3.36. The zero-order valence-corrected chi connectivity index (χ0v) is 16.3. The second-order valence-electron chi connectivity index (χ2n) is 6.79. The highest BCUT2D eigenvalue weighted by Gasteiger charge is 2.18. The lowest BCUT2D eigenvalue weighted by Gasteiger charge is -2.18. The normalized spacial score (nSPS) is 11.9. The number of hydrogen-bond acceptors (Lipinski definition) is 3. The van der Waals surface area contributed by atoms with E-state index >= 15 is 0 Å². The number of ether oxygens (including phenoxy) is 2. The van der Waals surface area contributed by atoms with Gasteiger partial charge in [-0.05, 0) is 75.1 Å². The van der Waals surface area contributed by atoms with Crippen molar-refractivity contribution in [1.29, 1.82) is 0 Å². The first-order valence-corrected chi connectivity index (χ1v) is 9.16. The van der Waals surface area contributed by atoms with Gasteiger partial charge < -0.3 is 14.8 Å². The molecule has 0 aliphatic rings. The molecule has 0 aliphatic carbocycles. The van der Waals surface area contributed by atoms with E-state index < -0.39 is 6.10 Å². The molecule has 0 heterocycles. The Labute approximate surface area is 156 Å². The SMILES string of the molecule is CC[C@H](Oc1ccc(C)c(C)c1)C(=O)NCc1cccc(OC(C)C)c1. The molecule has 0 unspecified atom stereocenters. The van der Waals surface area contributed by atoms with Crippen LogP contribution in [-0.2, 0) is 11.3 Å². The average Bonchev–Trinajstić information content (AvgIpc) is 2.60. The number of benzene rings is 2. The summed E-state index contributed by atoms with van der Waals surface area (Å²) in [6.45, 7) is 10.5. The summed E-state index contributed by atoms with van der Waals surface area (Å²) in [6.07, 6.45) is 0.220. The van der Waals surface area contributed by atoms with E-state index in [1.54, 1.807) is 0 Å². The Balaban J connectivity index is 1.95. The zero-order valence-electron chi connectivity index (χ0n) is 16.3. The number of amides is 1. The van der Waals surface area contributed by atoms with Crippen LogP contribution in [0.3, 0.4) is 0 Å². The minimum atomic E-state index is -0.507. The second-order valence-corrected chi connectivity index (χ2v) is 6.79. The van der Waals surface area contributed by atoms with E-state index in [-0.39, 0.29) is 12.0 Å².